The third-order valence-electron chi connectivity index (χ3n) is 3.69. The minimum Gasteiger partial charge on any atom is -0.383 e. The molecular weight excluding hydrogens is 232 g/mol. The minimum atomic E-state index is -0.219. The summed E-state index contributed by atoms with van der Waals surface area (Å²) in [6, 6.07) is 0.437. The first-order valence-electron chi connectivity index (χ1n) is 6.94. The Morgan fingerprint density at radius 2 is 2.33 bits per heavy atom. The van der Waals surface area contributed by atoms with E-state index in [0.29, 0.717) is 19.2 Å². The molecule has 1 amide bonds. The molecule has 5 nitrogen and oxygen atoms in total. The molecule has 0 aromatic rings. The van der Waals surface area contributed by atoms with Crippen LogP contribution in [0.2, 0.25) is 0 Å². The van der Waals surface area contributed by atoms with Crippen LogP contribution in [0.1, 0.15) is 25.7 Å². The Morgan fingerprint density at radius 1 is 1.44 bits per heavy atom. The number of hydrogen-bond donors (Lipinski definition) is 1. The second-order valence-electron chi connectivity index (χ2n) is 5.07. The molecule has 2 heterocycles. The number of rotatable bonds is 6. The Labute approximate surface area is 109 Å². The second kappa shape index (κ2) is 7.07. The standard InChI is InChI=1S/C13H24N2O3/c1-17-9-7-15(10-11-4-2-6-14-11)13(16)12-5-3-8-18-12/h11-12,14H,2-10H2,1H3. The molecule has 0 aromatic heterocycles. The fraction of sp³-hybridized carbons (Fsp3) is 0.923. The van der Waals surface area contributed by atoms with E-state index < -0.39 is 0 Å². The van der Waals surface area contributed by atoms with Gasteiger partial charge in [0.25, 0.3) is 5.91 Å². The van der Waals surface area contributed by atoms with Crippen LogP contribution in [-0.2, 0) is 14.3 Å². The SMILES string of the molecule is COCCN(CC1CCCN1)C(=O)C1CCCO1. The Balaban J connectivity index is 1.87. The van der Waals surface area contributed by atoms with Crippen LogP contribution in [0.25, 0.3) is 0 Å². The van der Waals surface area contributed by atoms with Crippen LogP contribution >= 0.6 is 0 Å². The van der Waals surface area contributed by atoms with E-state index in [0.717, 1.165) is 39.0 Å². The van der Waals surface area contributed by atoms with Gasteiger partial charge in [0, 0.05) is 32.8 Å². The zero-order valence-corrected chi connectivity index (χ0v) is 11.2. The molecular formula is C13H24N2O3. The first-order chi connectivity index (χ1) is 8.81. The lowest BCUT2D eigenvalue weighted by Crippen LogP contribution is -2.46. The van der Waals surface area contributed by atoms with Crippen molar-refractivity contribution in [2.45, 2.75) is 37.8 Å². The molecule has 18 heavy (non-hydrogen) atoms. The van der Waals surface area contributed by atoms with Crippen LogP contribution in [0, 0.1) is 0 Å². The van der Waals surface area contributed by atoms with Crippen LogP contribution in [0.4, 0.5) is 0 Å². The van der Waals surface area contributed by atoms with Crippen molar-refractivity contribution in [1.82, 2.24) is 10.2 Å². The summed E-state index contributed by atoms with van der Waals surface area (Å²) in [4.78, 5) is 14.3. The van der Waals surface area contributed by atoms with Gasteiger partial charge >= 0.3 is 0 Å². The third kappa shape index (κ3) is 3.67. The van der Waals surface area contributed by atoms with Gasteiger partial charge in [0.05, 0.1) is 6.61 Å². The third-order valence-corrected chi connectivity index (χ3v) is 3.69. The molecule has 1 N–H and O–H groups in total. The van der Waals surface area contributed by atoms with Crippen LogP contribution in [0.15, 0.2) is 0 Å². The number of hydrogen-bond acceptors (Lipinski definition) is 4. The van der Waals surface area contributed by atoms with E-state index in [1.807, 2.05) is 4.90 Å². The Hall–Kier alpha value is -0.650. The summed E-state index contributed by atoms with van der Waals surface area (Å²) in [5, 5.41) is 3.43. The number of nitrogens with zero attached hydrogens (tertiary/aromatic N) is 1. The van der Waals surface area contributed by atoms with Crippen molar-refractivity contribution in [2.75, 3.05) is 40.0 Å². The van der Waals surface area contributed by atoms with Gasteiger partial charge in [0.1, 0.15) is 6.10 Å². The molecule has 2 aliphatic rings. The number of nitrogens with one attached hydrogen (secondary N) is 1. The van der Waals surface area contributed by atoms with Gasteiger partial charge in [-0.2, -0.15) is 0 Å². The molecule has 0 spiro atoms. The Kier molecular flexibility index (Phi) is 5.41. The van der Waals surface area contributed by atoms with Gasteiger partial charge in [-0.25, -0.2) is 0 Å². The van der Waals surface area contributed by atoms with E-state index >= 15 is 0 Å². The predicted molar refractivity (Wildman–Crippen MR) is 68.5 cm³/mol. The molecule has 2 aliphatic heterocycles. The van der Waals surface area contributed by atoms with Crippen molar-refractivity contribution < 1.29 is 14.3 Å². The quantitative estimate of drug-likeness (QED) is 0.747. The van der Waals surface area contributed by atoms with Crippen molar-refractivity contribution in [2.24, 2.45) is 0 Å². The second-order valence-corrected chi connectivity index (χ2v) is 5.07. The summed E-state index contributed by atoms with van der Waals surface area (Å²) in [6.07, 6.45) is 4.00. The lowest BCUT2D eigenvalue weighted by Gasteiger charge is -2.27. The van der Waals surface area contributed by atoms with Gasteiger partial charge in [0.15, 0.2) is 0 Å². The molecule has 0 bridgehead atoms. The van der Waals surface area contributed by atoms with Crippen LogP contribution in [-0.4, -0.2) is 62.9 Å². The summed E-state index contributed by atoms with van der Waals surface area (Å²) in [5.74, 6) is 0.137. The van der Waals surface area contributed by atoms with Crippen molar-refractivity contribution >= 4 is 5.91 Å². The number of amides is 1. The monoisotopic (exact) mass is 256 g/mol. The van der Waals surface area contributed by atoms with Crippen LogP contribution in [0.5, 0.6) is 0 Å². The molecule has 0 aliphatic carbocycles. The maximum atomic E-state index is 12.4. The Morgan fingerprint density at radius 3 is 2.94 bits per heavy atom. The van der Waals surface area contributed by atoms with Gasteiger partial charge in [-0.3, -0.25) is 4.79 Å². The number of methoxy groups -OCH3 is 1. The van der Waals surface area contributed by atoms with Crippen molar-refractivity contribution in [1.29, 1.82) is 0 Å². The summed E-state index contributed by atoms with van der Waals surface area (Å²) in [7, 11) is 1.67. The van der Waals surface area contributed by atoms with Crippen molar-refractivity contribution in [3.8, 4) is 0 Å². The average molecular weight is 256 g/mol. The van der Waals surface area contributed by atoms with Gasteiger partial charge in [-0.1, -0.05) is 0 Å². The molecule has 2 rings (SSSR count). The van der Waals surface area contributed by atoms with E-state index in [4.69, 9.17) is 9.47 Å². The lowest BCUT2D eigenvalue weighted by atomic mass is 10.1. The average Bonchev–Trinajstić information content (AvgIpc) is 3.06. The van der Waals surface area contributed by atoms with E-state index in [2.05, 4.69) is 5.32 Å². The zero-order chi connectivity index (χ0) is 12.8. The molecule has 0 radical (unpaired) electrons. The first kappa shape index (κ1) is 13.8. The summed E-state index contributed by atoms with van der Waals surface area (Å²) in [5.41, 5.74) is 0. The normalized spacial score (nSPS) is 27.6. The predicted octanol–water partition coefficient (Wildman–Crippen LogP) is 0.392. The molecule has 2 saturated heterocycles. The van der Waals surface area contributed by atoms with E-state index in [-0.39, 0.29) is 12.0 Å². The van der Waals surface area contributed by atoms with Crippen molar-refractivity contribution in [3.05, 3.63) is 0 Å². The molecule has 5 heteroatoms. The maximum Gasteiger partial charge on any atom is 0.251 e. The van der Waals surface area contributed by atoms with Gasteiger partial charge < -0.3 is 19.7 Å². The highest BCUT2D eigenvalue weighted by molar-refractivity contribution is 5.81. The molecule has 0 saturated carbocycles. The largest absolute Gasteiger partial charge is 0.383 e. The van der Waals surface area contributed by atoms with E-state index in [9.17, 15) is 4.79 Å². The maximum absolute atomic E-state index is 12.4. The highest BCUT2D eigenvalue weighted by atomic mass is 16.5. The van der Waals surface area contributed by atoms with Crippen LogP contribution < -0.4 is 5.32 Å². The topological polar surface area (TPSA) is 50.8 Å². The fourth-order valence-corrected chi connectivity index (χ4v) is 2.65. The molecule has 2 atom stereocenters. The fourth-order valence-electron chi connectivity index (χ4n) is 2.65. The summed E-state index contributed by atoms with van der Waals surface area (Å²) in [6.45, 7) is 3.81. The molecule has 104 valence electrons. The van der Waals surface area contributed by atoms with Crippen LogP contribution in [0.3, 0.4) is 0 Å². The molecule has 2 fully saturated rings. The molecule has 0 aromatic carbocycles. The Bertz CT molecular complexity index is 261. The lowest BCUT2D eigenvalue weighted by molar-refractivity contribution is -0.141. The van der Waals surface area contributed by atoms with Gasteiger partial charge in [0.2, 0.25) is 0 Å². The van der Waals surface area contributed by atoms with Crippen molar-refractivity contribution in [3.63, 3.8) is 0 Å². The van der Waals surface area contributed by atoms with Gasteiger partial charge in [-0.05, 0) is 32.2 Å². The first-order valence-corrected chi connectivity index (χ1v) is 6.94. The minimum absolute atomic E-state index is 0.137. The summed E-state index contributed by atoms with van der Waals surface area (Å²) < 4.78 is 10.6. The number of carbonyl (C=O) groups excluding carboxylic acids is 1. The summed E-state index contributed by atoms with van der Waals surface area (Å²) >= 11 is 0. The van der Waals surface area contributed by atoms with Gasteiger partial charge in [-0.15, -0.1) is 0 Å². The smallest absolute Gasteiger partial charge is 0.251 e. The highest BCUT2D eigenvalue weighted by Gasteiger charge is 2.29. The highest BCUT2D eigenvalue weighted by Crippen LogP contribution is 2.16. The van der Waals surface area contributed by atoms with E-state index in [1.54, 1.807) is 7.11 Å². The zero-order valence-electron chi connectivity index (χ0n) is 11.2. The number of ether oxygens (including phenoxy) is 2. The molecule has 2 unspecified atom stereocenters. The number of carbonyl (C=O) groups is 1. The van der Waals surface area contributed by atoms with E-state index in [1.165, 1.54) is 6.42 Å².